The molecule has 162 valence electrons. The highest BCUT2D eigenvalue weighted by Crippen LogP contribution is 2.25. The zero-order valence-corrected chi connectivity index (χ0v) is 19.8. The van der Waals surface area contributed by atoms with Crippen LogP contribution >= 0.6 is 0 Å². The van der Waals surface area contributed by atoms with Crippen molar-refractivity contribution >= 4 is 5.57 Å². The van der Waals surface area contributed by atoms with E-state index in [1.165, 1.54) is 73.6 Å². The molecule has 3 aliphatic rings. The molecule has 1 saturated carbocycles. The number of hydrogen-bond donors (Lipinski definition) is 0. The number of fused-ring (bicyclic) bond motifs is 1. The third kappa shape index (κ3) is 9.61. The molecule has 1 fully saturated rings. The summed E-state index contributed by atoms with van der Waals surface area (Å²) in [5.41, 5.74) is 7.23. The maximum absolute atomic E-state index is 2.36. The lowest BCUT2D eigenvalue weighted by Gasteiger charge is -2.15. The third-order valence-corrected chi connectivity index (χ3v) is 6.17. The van der Waals surface area contributed by atoms with Gasteiger partial charge in [0.1, 0.15) is 0 Å². The fourth-order valence-corrected chi connectivity index (χ4v) is 4.13. The smallest absolute Gasteiger partial charge is 0.00855 e. The number of aryl methyl sites for hydroxylation is 1. The predicted octanol–water partition coefficient (Wildman–Crippen LogP) is 9.34. The van der Waals surface area contributed by atoms with Crippen molar-refractivity contribution in [2.75, 3.05) is 0 Å². The van der Waals surface area contributed by atoms with E-state index in [-0.39, 0.29) is 0 Å². The molecular formula is C30H42. The van der Waals surface area contributed by atoms with Crippen molar-refractivity contribution in [3.05, 3.63) is 89.0 Å². The summed E-state index contributed by atoms with van der Waals surface area (Å²) >= 11 is 0. The van der Waals surface area contributed by atoms with E-state index in [4.69, 9.17) is 0 Å². The lowest BCUT2D eigenvalue weighted by atomic mass is 9.91. The normalized spacial score (nSPS) is 17.1. The highest BCUT2D eigenvalue weighted by molar-refractivity contribution is 5.71. The molecule has 2 aromatic rings. The molecule has 0 spiro atoms. The summed E-state index contributed by atoms with van der Waals surface area (Å²) in [6.45, 7) is 8.82. The molecule has 0 N–H and O–H groups in total. The summed E-state index contributed by atoms with van der Waals surface area (Å²) in [5, 5.41) is 0. The molecule has 0 unspecified atom stereocenters. The second-order valence-corrected chi connectivity index (χ2v) is 9.09. The number of hydrogen-bond acceptors (Lipinski definition) is 0. The first kappa shape index (κ1) is 24.2. The van der Waals surface area contributed by atoms with E-state index in [9.17, 15) is 0 Å². The quantitative estimate of drug-likeness (QED) is 0.385. The van der Waals surface area contributed by atoms with Crippen LogP contribution in [0.3, 0.4) is 0 Å². The maximum atomic E-state index is 2.36. The Bertz CT molecular complexity index is 773. The van der Waals surface area contributed by atoms with Gasteiger partial charge in [-0.2, -0.15) is 0 Å². The molecule has 0 heteroatoms. The second-order valence-electron chi connectivity index (χ2n) is 9.09. The molecule has 2 aromatic carbocycles. The molecule has 0 atom stereocenters. The Hall–Kier alpha value is -2.08. The van der Waals surface area contributed by atoms with Crippen LogP contribution in [-0.2, 0) is 6.42 Å². The van der Waals surface area contributed by atoms with Gasteiger partial charge in [0.2, 0.25) is 0 Å². The average molecular weight is 403 g/mol. The van der Waals surface area contributed by atoms with Gasteiger partial charge in [-0.25, -0.2) is 0 Å². The lowest BCUT2D eigenvalue weighted by Crippen LogP contribution is -1.99. The van der Waals surface area contributed by atoms with Gasteiger partial charge < -0.3 is 0 Å². The molecule has 30 heavy (non-hydrogen) atoms. The summed E-state index contributed by atoms with van der Waals surface area (Å²) in [5.74, 6) is 1.04. The van der Waals surface area contributed by atoms with Crippen LogP contribution in [0, 0.1) is 12.8 Å². The Labute approximate surface area is 186 Å². The third-order valence-electron chi connectivity index (χ3n) is 6.17. The van der Waals surface area contributed by atoms with Crippen LogP contribution in [-0.4, -0.2) is 0 Å². The fraction of sp³-hybridized carbons (Fsp3) is 0.467. The predicted molar refractivity (Wildman–Crippen MR) is 135 cm³/mol. The van der Waals surface area contributed by atoms with Gasteiger partial charge >= 0.3 is 0 Å². The zero-order valence-electron chi connectivity index (χ0n) is 19.8. The van der Waals surface area contributed by atoms with Gasteiger partial charge in [-0.1, -0.05) is 117 Å². The van der Waals surface area contributed by atoms with E-state index in [0.717, 1.165) is 12.3 Å². The monoisotopic (exact) mass is 402 g/mol. The van der Waals surface area contributed by atoms with Crippen molar-refractivity contribution < 1.29 is 0 Å². The van der Waals surface area contributed by atoms with Gasteiger partial charge in [0.05, 0.1) is 0 Å². The summed E-state index contributed by atoms with van der Waals surface area (Å²) in [6.07, 6.45) is 17.2. The van der Waals surface area contributed by atoms with Crippen LogP contribution in [0.2, 0.25) is 0 Å². The summed E-state index contributed by atoms with van der Waals surface area (Å²) in [7, 11) is 0. The van der Waals surface area contributed by atoms with Crippen LogP contribution < -0.4 is 0 Å². The van der Waals surface area contributed by atoms with Crippen molar-refractivity contribution in [3.8, 4) is 0 Å². The molecule has 0 amide bonds. The van der Waals surface area contributed by atoms with Gasteiger partial charge in [0.15, 0.2) is 0 Å². The molecule has 5 rings (SSSR count). The Balaban J connectivity index is 0.000000146. The Morgan fingerprint density at radius 3 is 1.80 bits per heavy atom. The van der Waals surface area contributed by atoms with E-state index >= 15 is 0 Å². The van der Waals surface area contributed by atoms with Crippen LogP contribution in [0.25, 0.3) is 5.57 Å². The molecule has 0 bridgehead atoms. The minimum absolute atomic E-state index is 1.04. The molecule has 0 nitrogen and oxygen atoms in total. The van der Waals surface area contributed by atoms with Crippen molar-refractivity contribution in [1.29, 1.82) is 0 Å². The highest BCUT2D eigenvalue weighted by atomic mass is 14.1. The van der Waals surface area contributed by atoms with Crippen molar-refractivity contribution in [2.45, 2.75) is 85.5 Å². The Morgan fingerprint density at radius 1 is 0.700 bits per heavy atom. The van der Waals surface area contributed by atoms with Crippen molar-refractivity contribution in [2.24, 2.45) is 5.92 Å². The van der Waals surface area contributed by atoms with Gasteiger partial charge in [0, 0.05) is 0 Å². The summed E-state index contributed by atoms with van der Waals surface area (Å²) < 4.78 is 0. The SMILES string of the molecule is CC1=CCCC1.CC1=CCc2ccccc21.CC1CCCCC1.Cc1ccccc1. The molecule has 0 heterocycles. The van der Waals surface area contributed by atoms with E-state index in [1.807, 2.05) is 18.2 Å². The number of benzene rings is 2. The average Bonchev–Trinajstić information content (AvgIpc) is 3.40. The van der Waals surface area contributed by atoms with Crippen molar-refractivity contribution in [1.82, 2.24) is 0 Å². The first-order valence-corrected chi connectivity index (χ1v) is 12.0. The van der Waals surface area contributed by atoms with Crippen LogP contribution in [0.1, 0.15) is 88.8 Å². The van der Waals surface area contributed by atoms with E-state index < -0.39 is 0 Å². The van der Waals surface area contributed by atoms with Gasteiger partial charge in [0.25, 0.3) is 0 Å². The highest BCUT2D eigenvalue weighted by Gasteiger charge is 2.07. The largest absolute Gasteiger partial charge is 0.0856 e. The standard InChI is InChI=1S/C10H10.C7H14.C7H8.C6H10/c1-8-6-7-9-4-2-3-5-10(8)9;2*1-7-5-3-2-4-6-7;1-6-4-2-3-5-6/h2-6H,7H2,1H3;7H,2-6H2,1H3;2-6H,1H3;4H,2-3,5H2,1H3. The molecule has 0 radical (unpaired) electrons. The molecule has 3 aliphatic carbocycles. The second kappa shape index (κ2) is 14.0. The number of allylic oxidation sites excluding steroid dienone is 4. The molecule has 0 aromatic heterocycles. The van der Waals surface area contributed by atoms with Crippen LogP contribution in [0.4, 0.5) is 0 Å². The molecular weight excluding hydrogens is 360 g/mol. The molecule has 0 saturated heterocycles. The first-order valence-electron chi connectivity index (χ1n) is 12.0. The fourth-order valence-electron chi connectivity index (χ4n) is 4.13. The summed E-state index contributed by atoms with van der Waals surface area (Å²) in [6, 6.07) is 18.8. The summed E-state index contributed by atoms with van der Waals surface area (Å²) in [4.78, 5) is 0. The van der Waals surface area contributed by atoms with E-state index in [2.05, 4.69) is 76.2 Å². The minimum atomic E-state index is 1.04. The lowest BCUT2D eigenvalue weighted by molar-refractivity contribution is 0.385. The number of rotatable bonds is 0. The van der Waals surface area contributed by atoms with Crippen molar-refractivity contribution in [3.63, 3.8) is 0 Å². The van der Waals surface area contributed by atoms with E-state index in [1.54, 1.807) is 5.57 Å². The Kier molecular flexibility index (Phi) is 11.3. The van der Waals surface area contributed by atoms with Crippen LogP contribution in [0.15, 0.2) is 72.3 Å². The topological polar surface area (TPSA) is 0 Å². The zero-order chi connectivity index (χ0) is 21.6. The first-order chi connectivity index (χ1) is 14.6. The minimum Gasteiger partial charge on any atom is -0.0856 e. The van der Waals surface area contributed by atoms with Gasteiger partial charge in [-0.05, 0) is 69.1 Å². The molecule has 0 aliphatic heterocycles. The van der Waals surface area contributed by atoms with Crippen LogP contribution in [0.5, 0.6) is 0 Å². The Morgan fingerprint density at radius 2 is 1.37 bits per heavy atom. The van der Waals surface area contributed by atoms with Gasteiger partial charge in [-0.3, -0.25) is 0 Å². The van der Waals surface area contributed by atoms with E-state index in [0.29, 0.717) is 0 Å². The van der Waals surface area contributed by atoms with Gasteiger partial charge in [-0.15, -0.1) is 0 Å². The maximum Gasteiger partial charge on any atom is -0.00855 e.